The molecule has 0 radical (unpaired) electrons. The number of rotatable bonds is 6. The Morgan fingerprint density at radius 3 is 2.85 bits per heavy atom. The van der Waals surface area contributed by atoms with Crippen LogP contribution >= 0.6 is 11.3 Å². The third kappa shape index (κ3) is 4.69. The number of ether oxygens (including phenoxy) is 1. The van der Waals surface area contributed by atoms with E-state index in [0.717, 1.165) is 11.4 Å². The minimum Gasteiger partial charge on any atom is -0.494 e. The number of anilines is 1. The summed E-state index contributed by atoms with van der Waals surface area (Å²) in [6.45, 7) is 0.278. The maximum absolute atomic E-state index is 13.8. The summed E-state index contributed by atoms with van der Waals surface area (Å²) >= 11 is 1.42. The number of halogens is 1. The third-order valence-electron chi connectivity index (χ3n) is 4.60. The molecule has 0 saturated heterocycles. The normalized spacial score (nSPS) is 14.4. The number of aromatic nitrogens is 2. The van der Waals surface area contributed by atoms with Crippen LogP contribution in [0, 0.1) is 11.7 Å². The molecule has 1 heterocycles. The molecule has 0 atom stereocenters. The van der Waals surface area contributed by atoms with Gasteiger partial charge in [0.25, 0.3) is 0 Å². The molecule has 6 nitrogen and oxygen atoms in total. The SMILES string of the molecule is COc1ccc(CN(C)C(=O)Nc2nnc(CC3CCCC3)s2)cc1F. The monoisotopic (exact) mass is 378 g/mol. The highest BCUT2D eigenvalue weighted by Crippen LogP contribution is 2.29. The molecule has 1 aliphatic rings. The first-order valence-corrected chi connectivity index (χ1v) is 9.53. The largest absolute Gasteiger partial charge is 0.494 e. The van der Waals surface area contributed by atoms with E-state index < -0.39 is 5.82 Å². The zero-order chi connectivity index (χ0) is 18.5. The average molecular weight is 378 g/mol. The number of methoxy groups -OCH3 is 1. The van der Waals surface area contributed by atoms with Crippen molar-refractivity contribution in [2.24, 2.45) is 5.92 Å². The van der Waals surface area contributed by atoms with Crippen LogP contribution in [-0.2, 0) is 13.0 Å². The summed E-state index contributed by atoms with van der Waals surface area (Å²) in [5, 5.41) is 12.5. The Morgan fingerprint density at radius 2 is 2.15 bits per heavy atom. The first-order chi connectivity index (χ1) is 12.5. The molecule has 1 aliphatic carbocycles. The molecule has 1 fully saturated rings. The molecule has 0 spiro atoms. The van der Waals surface area contributed by atoms with Gasteiger partial charge in [0.15, 0.2) is 11.6 Å². The van der Waals surface area contributed by atoms with Gasteiger partial charge in [-0.1, -0.05) is 43.1 Å². The van der Waals surface area contributed by atoms with Gasteiger partial charge in [0.05, 0.1) is 7.11 Å². The van der Waals surface area contributed by atoms with E-state index in [1.54, 1.807) is 19.2 Å². The number of hydrogen-bond acceptors (Lipinski definition) is 5. The van der Waals surface area contributed by atoms with Crippen molar-refractivity contribution in [1.29, 1.82) is 0 Å². The van der Waals surface area contributed by atoms with E-state index in [0.29, 0.717) is 16.6 Å². The van der Waals surface area contributed by atoms with E-state index in [2.05, 4.69) is 15.5 Å². The Labute approximate surface area is 156 Å². The van der Waals surface area contributed by atoms with Crippen molar-refractivity contribution < 1.29 is 13.9 Å². The van der Waals surface area contributed by atoms with E-state index in [1.807, 2.05) is 0 Å². The van der Waals surface area contributed by atoms with Crippen molar-refractivity contribution in [2.45, 2.75) is 38.6 Å². The van der Waals surface area contributed by atoms with Gasteiger partial charge < -0.3 is 9.64 Å². The first-order valence-electron chi connectivity index (χ1n) is 8.72. The molecule has 2 aromatic rings. The van der Waals surface area contributed by atoms with Crippen LogP contribution in [-0.4, -0.2) is 35.3 Å². The van der Waals surface area contributed by atoms with Crippen LogP contribution in [0.5, 0.6) is 5.75 Å². The predicted octanol–water partition coefficient (Wildman–Crippen LogP) is 4.08. The second kappa shape index (κ2) is 8.44. The number of amides is 2. The van der Waals surface area contributed by atoms with Gasteiger partial charge in [0.1, 0.15) is 5.01 Å². The Bertz CT molecular complexity index is 761. The first kappa shape index (κ1) is 18.6. The fourth-order valence-electron chi connectivity index (χ4n) is 3.19. The summed E-state index contributed by atoms with van der Waals surface area (Å²) in [4.78, 5) is 13.8. The van der Waals surface area contributed by atoms with Crippen molar-refractivity contribution in [3.05, 3.63) is 34.6 Å². The zero-order valence-electron chi connectivity index (χ0n) is 15.0. The van der Waals surface area contributed by atoms with E-state index >= 15 is 0 Å². The zero-order valence-corrected chi connectivity index (χ0v) is 15.8. The second-order valence-electron chi connectivity index (χ2n) is 6.61. The lowest BCUT2D eigenvalue weighted by Crippen LogP contribution is -2.30. The molecule has 1 saturated carbocycles. The fourth-order valence-corrected chi connectivity index (χ4v) is 4.03. The lowest BCUT2D eigenvalue weighted by molar-refractivity contribution is 0.220. The Morgan fingerprint density at radius 1 is 1.38 bits per heavy atom. The highest BCUT2D eigenvalue weighted by Gasteiger charge is 2.19. The second-order valence-corrected chi connectivity index (χ2v) is 7.67. The Balaban J connectivity index is 1.53. The highest BCUT2D eigenvalue weighted by atomic mass is 32.1. The van der Waals surface area contributed by atoms with Gasteiger partial charge in [-0.25, -0.2) is 9.18 Å². The molecule has 140 valence electrons. The maximum atomic E-state index is 13.8. The van der Waals surface area contributed by atoms with Gasteiger partial charge in [-0.05, 0) is 23.6 Å². The number of carbonyl (C=O) groups excluding carboxylic acids is 1. The average Bonchev–Trinajstić information content (AvgIpc) is 3.27. The van der Waals surface area contributed by atoms with Crippen LogP contribution in [0.15, 0.2) is 18.2 Å². The van der Waals surface area contributed by atoms with E-state index in [9.17, 15) is 9.18 Å². The van der Waals surface area contributed by atoms with Gasteiger partial charge in [-0.3, -0.25) is 5.32 Å². The van der Waals surface area contributed by atoms with Crippen LogP contribution in [0.4, 0.5) is 14.3 Å². The lowest BCUT2D eigenvalue weighted by atomic mass is 10.1. The van der Waals surface area contributed by atoms with Crippen LogP contribution in [0.25, 0.3) is 0 Å². The molecule has 3 rings (SSSR count). The molecule has 2 amide bonds. The Hall–Kier alpha value is -2.22. The van der Waals surface area contributed by atoms with E-state index in [-0.39, 0.29) is 18.3 Å². The summed E-state index contributed by atoms with van der Waals surface area (Å²) in [6.07, 6.45) is 6.03. The van der Waals surface area contributed by atoms with Crippen molar-refractivity contribution in [3.63, 3.8) is 0 Å². The van der Waals surface area contributed by atoms with Gasteiger partial charge in [-0.15, -0.1) is 10.2 Å². The molecular weight excluding hydrogens is 355 g/mol. The number of nitrogens with one attached hydrogen (secondary N) is 1. The number of carbonyl (C=O) groups is 1. The Kier molecular flexibility index (Phi) is 6.03. The molecule has 1 aromatic carbocycles. The van der Waals surface area contributed by atoms with Gasteiger partial charge in [0, 0.05) is 20.0 Å². The molecule has 8 heteroatoms. The van der Waals surface area contributed by atoms with Crippen molar-refractivity contribution >= 4 is 22.5 Å². The standard InChI is InChI=1S/C18H23FN4O2S/c1-23(11-13-7-8-15(25-2)14(19)9-13)18(24)20-17-22-21-16(26-17)10-12-5-3-4-6-12/h7-9,12H,3-6,10-11H2,1-2H3,(H,20,22,24). The number of nitrogens with zero attached hydrogens (tertiary/aromatic N) is 3. The number of hydrogen-bond donors (Lipinski definition) is 1. The summed E-state index contributed by atoms with van der Waals surface area (Å²) < 4.78 is 18.7. The number of urea groups is 1. The van der Waals surface area contributed by atoms with Crippen molar-refractivity contribution in [3.8, 4) is 5.75 Å². The van der Waals surface area contributed by atoms with Gasteiger partial charge in [0.2, 0.25) is 5.13 Å². The van der Waals surface area contributed by atoms with Crippen LogP contribution in [0.3, 0.4) is 0 Å². The molecule has 1 aromatic heterocycles. The molecule has 26 heavy (non-hydrogen) atoms. The lowest BCUT2D eigenvalue weighted by Gasteiger charge is -2.17. The highest BCUT2D eigenvalue weighted by molar-refractivity contribution is 7.15. The summed E-state index contributed by atoms with van der Waals surface area (Å²) in [6, 6.07) is 4.35. The van der Waals surface area contributed by atoms with E-state index in [4.69, 9.17) is 4.74 Å². The maximum Gasteiger partial charge on any atom is 0.323 e. The van der Waals surface area contributed by atoms with Crippen molar-refractivity contribution in [2.75, 3.05) is 19.5 Å². The fraction of sp³-hybridized carbons (Fsp3) is 0.500. The van der Waals surface area contributed by atoms with Crippen molar-refractivity contribution in [1.82, 2.24) is 15.1 Å². The smallest absolute Gasteiger partial charge is 0.323 e. The molecular formula is C18H23FN4O2S. The summed E-state index contributed by atoms with van der Waals surface area (Å²) in [5.41, 5.74) is 0.681. The van der Waals surface area contributed by atoms with Crippen LogP contribution < -0.4 is 10.1 Å². The third-order valence-corrected chi connectivity index (χ3v) is 5.46. The minimum atomic E-state index is -0.445. The van der Waals surface area contributed by atoms with Crippen LogP contribution in [0.1, 0.15) is 36.3 Å². The summed E-state index contributed by atoms with van der Waals surface area (Å²) in [5.74, 6) is 0.433. The number of benzene rings is 1. The van der Waals surface area contributed by atoms with Crippen LogP contribution in [0.2, 0.25) is 0 Å². The van der Waals surface area contributed by atoms with Gasteiger partial charge in [-0.2, -0.15) is 0 Å². The topological polar surface area (TPSA) is 67.3 Å². The predicted molar refractivity (Wildman–Crippen MR) is 99.0 cm³/mol. The minimum absolute atomic E-state index is 0.185. The quantitative estimate of drug-likeness (QED) is 0.822. The summed E-state index contributed by atoms with van der Waals surface area (Å²) in [7, 11) is 3.07. The molecule has 1 N–H and O–H groups in total. The van der Waals surface area contributed by atoms with Gasteiger partial charge >= 0.3 is 6.03 Å². The molecule has 0 bridgehead atoms. The molecule has 0 unspecified atom stereocenters. The molecule has 0 aliphatic heterocycles. The van der Waals surface area contributed by atoms with E-state index in [1.165, 1.54) is 55.1 Å².